The van der Waals surface area contributed by atoms with Gasteiger partial charge in [0.1, 0.15) is 4.83 Å². The third-order valence-electron chi connectivity index (χ3n) is 6.11. The highest BCUT2D eigenvalue weighted by molar-refractivity contribution is 7.18. The van der Waals surface area contributed by atoms with Crippen molar-refractivity contribution in [2.75, 3.05) is 31.1 Å². The molecule has 0 bridgehead atoms. The van der Waals surface area contributed by atoms with Crippen molar-refractivity contribution in [1.82, 2.24) is 14.5 Å². The zero-order valence-electron chi connectivity index (χ0n) is 16.9. The van der Waals surface area contributed by atoms with Gasteiger partial charge in [0.2, 0.25) is 5.95 Å². The standard InChI is InChI=1S/C22H23ClN4O2S/c1-25-21(29)18-16-4-2-3-5-17(16)30-19(18)24-22(25)27-12-10-26(11-13-27)20(28)14-6-8-15(23)9-7-14/h6-9H,2-5,10-13H2,1H3. The number of amides is 1. The minimum atomic E-state index is 0.00884. The summed E-state index contributed by atoms with van der Waals surface area (Å²) in [6.45, 7) is 2.49. The average Bonchev–Trinajstić information content (AvgIpc) is 3.15. The molecule has 5 rings (SSSR count). The molecule has 30 heavy (non-hydrogen) atoms. The van der Waals surface area contributed by atoms with Crippen molar-refractivity contribution in [3.63, 3.8) is 0 Å². The zero-order chi connectivity index (χ0) is 20.8. The van der Waals surface area contributed by atoms with Gasteiger partial charge in [0.25, 0.3) is 11.5 Å². The molecule has 156 valence electrons. The van der Waals surface area contributed by atoms with Gasteiger partial charge in [-0.25, -0.2) is 4.98 Å². The summed E-state index contributed by atoms with van der Waals surface area (Å²) in [5, 5.41) is 1.44. The van der Waals surface area contributed by atoms with Crippen molar-refractivity contribution in [2.45, 2.75) is 25.7 Å². The molecule has 2 aliphatic rings. The fourth-order valence-electron chi connectivity index (χ4n) is 4.44. The van der Waals surface area contributed by atoms with Crippen molar-refractivity contribution in [3.8, 4) is 0 Å². The number of fused-ring (bicyclic) bond motifs is 3. The SMILES string of the molecule is Cn1c(N2CCN(C(=O)c3ccc(Cl)cc3)CC2)nc2sc3c(c2c1=O)CCCC3. The molecule has 1 fully saturated rings. The lowest BCUT2D eigenvalue weighted by Crippen LogP contribution is -2.50. The average molecular weight is 443 g/mol. The number of nitrogens with zero attached hydrogens (tertiary/aromatic N) is 4. The summed E-state index contributed by atoms with van der Waals surface area (Å²) >= 11 is 7.60. The lowest BCUT2D eigenvalue weighted by molar-refractivity contribution is 0.0746. The first-order valence-electron chi connectivity index (χ1n) is 10.3. The van der Waals surface area contributed by atoms with Crippen molar-refractivity contribution in [3.05, 3.63) is 55.6 Å². The lowest BCUT2D eigenvalue weighted by atomic mass is 9.97. The topological polar surface area (TPSA) is 58.4 Å². The maximum absolute atomic E-state index is 13.1. The Morgan fingerprint density at radius 1 is 1.07 bits per heavy atom. The number of benzene rings is 1. The number of hydrogen-bond acceptors (Lipinski definition) is 5. The highest BCUT2D eigenvalue weighted by atomic mass is 35.5. The molecule has 0 unspecified atom stereocenters. The third kappa shape index (κ3) is 3.30. The second kappa shape index (κ2) is 7.71. The van der Waals surface area contributed by atoms with Gasteiger partial charge in [0, 0.05) is 48.7 Å². The smallest absolute Gasteiger partial charge is 0.263 e. The van der Waals surface area contributed by atoms with Crippen molar-refractivity contribution in [2.24, 2.45) is 7.05 Å². The van der Waals surface area contributed by atoms with Crippen molar-refractivity contribution in [1.29, 1.82) is 0 Å². The minimum absolute atomic E-state index is 0.00884. The number of carbonyl (C=O) groups excluding carboxylic acids is 1. The van der Waals surface area contributed by atoms with Crippen molar-refractivity contribution >= 4 is 45.0 Å². The summed E-state index contributed by atoms with van der Waals surface area (Å²) in [7, 11) is 1.81. The highest BCUT2D eigenvalue weighted by Crippen LogP contribution is 2.34. The van der Waals surface area contributed by atoms with Gasteiger partial charge in [0.15, 0.2) is 0 Å². The Kier molecular flexibility index (Phi) is 5.03. The molecule has 2 aromatic heterocycles. The predicted molar refractivity (Wildman–Crippen MR) is 121 cm³/mol. The van der Waals surface area contributed by atoms with E-state index in [-0.39, 0.29) is 11.5 Å². The van der Waals surface area contributed by atoms with E-state index in [9.17, 15) is 9.59 Å². The van der Waals surface area contributed by atoms with Crippen LogP contribution in [0.3, 0.4) is 0 Å². The Hall–Kier alpha value is -2.38. The van der Waals surface area contributed by atoms with Crippen LogP contribution in [0, 0.1) is 0 Å². The first kappa shape index (κ1) is 19.6. The number of halogens is 1. The molecule has 0 saturated carbocycles. The van der Waals surface area contributed by atoms with E-state index >= 15 is 0 Å². The van der Waals surface area contributed by atoms with E-state index in [1.807, 2.05) is 11.9 Å². The number of aryl methyl sites for hydroxylation is 2. The fourth-order valence-corrected chi connectivity index (χ4v) is 5.82. The minimum Gasteiger partial charge on any atom is -0.339 e. The number of aromatic nitrogens is 2. The van der Waals surface area contributed by atoms with Crippen LogP contribution >= 0.6 is 22.9 Å². The Balaban J connectivity index is 1.38. The van der Waals surface area contributed by atoms with Crippen LogP contribution in [0.4, 0.5) is 5.95 Å². The lowest BCUT2D eigenvalue weighted by Gasteiger charge is -2.35. The number of carbonyl (C=O) groups is 1. The third-order valence-corrected chi connectivity index (χ3v) is 7.55. The molecule has 6 nitrogen and oxygen atoms in total. The van der Waals surface area contributed by atoms with E-state index in [0.29, 0.717) is 42.7 Å². The van der Waals surface area contributed by atoms with E-state index in [0.717, 1.165) is 29.5 Å². The number of anilines is 1. The van der Waals surface area contributed by atoms with Crippen LogP contribution in [0.5, 0.6) is 0 Å². The molecular formula is C22H23ClN4O2S. The second-order valence-electron chi connectivity index (χ2n) is 7.95. The summed E-state index contributed by atoms with van der Waals surface area (Å²) in [6, 6.07) is 6.99. The van der Waals surface area contributed by atoms with Gasteiger partial charge in [-0.05, 0) is 55.5 Å². The summed E-state index contributed by atoms with van der Waals surface area (Å²) in [4.78, 5) is 36.9. The summed E-state index contributed by atoms with van der Waals surface area (Å²) < 4.78 is 1.68. The maximum Gasteiger partial charge on any atom is 0.263 e. The molecule has 1 aliphatic carbocycles. The summed E-state index contributed by atoms with van der Waals surface area (Å²) in [5.74, 6) is 0.708. The molecule has 0 radical (unpaired) electrons. The van der Waals surface area contributed by atoms with Crippen LogP contribution in [-0.4, -0.2) is 46.5 Å². The fraction of sp³-hybridized carbons (Fsp3) is 0.409. The quantitative estimate of drug-likeness (QED) is 0.609. The number of piperazine rings is 1. The highest BCUT2D eigenvalue weighted by Gasteiger charge is 2.26. The van der Waals surface area contributed by atoms with Crippen LogP contribution < -0.4 is 10.5 Å². The number of hydrogen-bond donors (Lipinski definition) is 0. The van der Waals surface area contributed by atoms with E-state index in [1.165, 1.54) is 16.9 Å². The second-order valence-corrected chi connectivity index (χ2v) is 9.47. The van der Waals surface area contributed by atoms with Crippen LogP contribution in [0.1, 0.15) is 33.6 Å². The molecule has 3 aromatic rings. The van der Waals surface area contributed by atoms with Crippen LogP contribution in [0.15, 0.2) is 29.1 Å². The molecule has 3 heterocycles. The molecule has 1 amide bonds. The van der Waals surface area contributed by atoms with E-state index < -0.39 is 0 Å². The monoisotopic (exact) mass is 442 g/mol. The Labute approximate surface area is 183 Å². The normalized spacial score (nSPS) is 16.7. The van der Waals surface area contributed by atoms with Gasteiger partial charge in [-0.15, -0.1) is 11.3 Å². The molecule has 0 atom stereocenters. The maximum atomic E-state index is 13.1. The zero-order valence-corrected chi connectivity index (χ0v) is 18.4. The van der Waals surface area contributed by atoms with E-state index in [4.69, 9.17) is 16.6 Å². The summed E-state index contributed by atoms with van der Waals surface area (Å²) in [6.07, 6.45) is 4.38. The summed E-state index contributed by atoms with van der Waals surface area (Å²) in [5.41, 5.74) is 1.91. The molecule has 1 aliphatic heterocycles. The van der Waals surface area contributed by atoms with Crippen LogP contribution in [0.25, 0.3) is 10.2 Å². The van der Waals surface area contributed by atoms with Gasteiger partial charge >= 0.3 is 0 Å². The number of rotatable bonds is 2. The molecule has 8 heteroatoms. The van der Waals surface area contributed by atoms with E-state index in [1.54, 1.807) is 40.2 Å². The Bertz CT molecular complexity index is 1180. The molecular weight excluding hydrogens is 420 g/mol. The van der Waals surface area contributed by atoms with Crippen LogP contribution in [0.2, 0.25) is 5.02 Å². The van der Waals surface area contributed by atoms with Gasteiger partial charge < -0.3 is 9.80 Å². The Morgan fingerprint density at radius 2 is 1.77 bits per heavy atom. The molecule has 0 spiro atoms. The van der Waals surface area contributed by atoms with Gasteiger partial charge in [-0.3, -0.25) is 14.2 Å². The Morgan fingerprint density at radius 3 is 2.50 bits per heavy atom. The van der Waals surface area contributed by atoms with Crippen LogP contribution in [-0.2, 0) is 19.9 Å². The molecule has 1 saturated heterocycles. The van der Waals surface area contributed by atoms with Gasteiger partial charge in [0.05, 0.1) is 5.39 Å². The first-order chi connectivity index (χ1) is 14.5. The van der Waals surface area contributed by atoms with Gasteiger partial charge in [-0.2, -0.15) is 0 Å². The first-order valence-corrected chi connectivity index (χ1v) is 11.5. The number of thiophene rings is 1. The largest absolute Gasteiger partial charge is 0.339 e. The molecule has 0 N–H and O–H groups in total. The van der Waals surface area contributed by atoms with Gasteiger partial charge in [-0.1, -0.05) is 11.6 Å². The molecule has 1 aromatic carbocycles. The van der Waals surface area contributed by atoms with E-state index in [2.05, 4.69) is 4.90 Å². The van der Waals surface area contributed by atoms with Crippen molar-refractivity contribution < 1.29 is 4.79 Å². The predicted octanol–water partition coefficient (Wildman–Crippen LogP) is 3.49.